The molecule has 94 valence electrons. The SMILES string of the molecule is CN(C(=O)[C@H]1CCCNC1)C1CCCC1.Cl. The fraction of sp³-hybridized carbons (Fsp3) is 0.917. The number of halogens is 1. The summed E-state index contributed by atoms with van der Waals surface area (Å²) in [5, 5.41) is 3.31. The number of carbonyl (C=O) groups excluding carboxylic acids is 1. The summed E-state index contributed by atoms with van der Waals surface area (Å²) in [6, 6.07) is 0.527. The van der Waals surface area contributed by atoms with E-state index < -0.39 is 0 Å². The van der Waals surface area contributed by atoms with Gasteiger partial charge in [-0.05, 0) is 32.2 Å². The predicted octanol–water partition coefficient (Wildman–Crippen LogP) is 1.81. The van der Waals surface area contributed by atoms with Crippen molar-refractivity contribution in [3.8, 4) is 0 Å². The minimum Gasteiger partial charge on any atom is -0.342 e. The summed E-state index contributed by atoms with van der Waals surface area (Å²) < 4.78 is 0. The zero-order valence-corrected chi connectivity index (χ0v) is 10.9. The maximum absolute atomic E-state index is 12.2. The van der Waals surface area contributed by atoms with Crippen LogP contribution in [0.4, 0.5) is 0 Å². The van der Waals surface area contributed by atoms with E-state index in [9.17, 15) is 4.79 Å². The van der Waals surface area contributed by atoms with Gasteiger partial charge in [0.2, 0.25) is 5.91 Å². The van der Waals surface area contributed by atoms with Gasteiger partial charge in [-0.2, -0.15) is 0 Å². The zero-order valence-electron chi connectivity index (χ0n) is 10.1. The van der Waals surface area contributed by atoms with Crippen LogP contribution in [0.15, 0.2) is 0 Å². The van der Waals surface area contributed by atoms with Crippen molar-refractivity contribution in [1.82, 2.24) is 10.2 Å². The van der Waals surface area contributed by atoms with E-state index in [0.717, 1.165) is 25.9 Å². The Morgan fingerprint density at radius 2 is 1.88 bits per heavy atom. The van der Waals surface area contributed by atoms with Crippen molar-refractivity contribution in [2.24, 2.45) is 5.92 Å². The minimum atomic E-state index is 0. The maximum Gasteiger partial charge on any atom is 0.226 e. The van der Waals surface area contributed by atoms with E-state index in [-0.39, 0.29) is 18.3 Å². The van der Waals surface area contributed by atoms with Gasteiger partial charge in [0, 0.05) is 19.6 Å². The molecule has 1 heterocycles. The van der Waals surface area contributed by atoms with Crippen LogP contribution < -0.4 is 5.32 Å². The highest BCUT2D eigenvalue weighted by molar-refractivity contribution is 5.85. The summed E-state index contributed by atoms with van der Waals surface area (Å²) in [5.41, 5.74) is 0. The Kier molecular flexibility index (Phi) is 5.56. The van der Waals surface area contributed by atoms with Crippen LogP contribution in [0, 0.1) is 5.92 Å². The van der Waals surface area contributed by atoms with Gasteiger partial charge in [-0.1, -0.05) is 12.8 Å². The predicted molar refractivity (Wildman–Crippen MR) is 67.9 cm³/mol. The van der Waals surface area contributed by atoms with E-state index in [2.05, 4.69) is 5.32 Å². The molecular weight excluding hydrogens is 224 g/mol. The van der Waals surface area contributed by atoms with Gasteiger partial charge in [0.25, 0.3) is 0 Å². The summed E-state index contributed by atoms with van der Waals surface area (Å²) in [6.07, 6.45) is 7.24. The summed E-state index contributed by atoms with van der Waals surface area (Å²) in [6.45, 7) is 1.97. The molecule has 0 bridgehead atoms. The number of piperidine rings is 1. The smallest absolute Gasteiger partial charge is 0.226 e. The van der Waals surface area contributed by atoms with Crippen LogP contribution in [0.25, 0.3) is 0 Å². The van der Waals surface area contributed by atoms with E-state index in [1.54, 1.807) is 0 Å². The van der Waals surface area contributed by atoms with Gasteiger partial charge in [-0.25, -0.2) is 0 Å². The van der Waals surface area contributed by atoms with Gasteiger partial charge in [0.05, 0.1) is 5.92 Å². The number of nitrogens with zero attached hydrogens (tertiary/aromatic N) is 1. The summed E-state index contributed by atoms with van der Waals surface area (Å²) in [5.74, 6) is 0.610. The highest BCUT2D eigenvalue weighted by atomic mass is 35.5. The second-order valence-corrected chi connectivity index (χ2v) is 4.93. The Morgan fingerprint density at radius 1 is 1.19 bits per heavy atom. The molecule has 1 saturated heterocycles. The molecule has 0 unspecified atom stereocenters. The molecule has 4 heteroatoms. The second kappa shape index (κ2) is 6.45. The highest BCUT2D eigenvalue weighted by Gasteiger charge is 2.29. The lowest BCUT2D eigenvalue weighted by Gasteiger charge is -2.30. The summed E-state index contributed by atoms with van der Waals surface area (Å²) in [4.78, 5) is 14.2. The Balaban J connectivity index is 0.00000128. The van der Waals surface area contributed by atoms with Gasteiger partial charge >= 0.3 is 0 Å². The third kappa shape index (κ3) is 3.11. The second-order valence-electron chi connectivity index (χ2n) is 4.93. The Hall–Kier alpha value is -0.280. The summed E-state index contributed by atoms with van der Waals surface area (Å²) in [7, 11) is 1.99. The van der Waals surface area contributed by atoms with Crippen LogP contribution >= 0.6 is 12.4 Å². The molecule has 0 aromatic carbocycles. The molecular formula is C12H23ClN2O. The topological polar surface area (TPSA) is 32.3 Å². The van der Waals surface area contributed by atoms with Crippen molar-refractivity contribution in [2.45, 2.75) is 44.6 Å². The van der Waals surface area contributed by atoms with E-state index >= 15 is 0 Å². The van der Waals surface area contributed by atoms with Crippen molar-refractivity contribution < 1.29 is 4.79 Å². The van der Waals surface area contributed by atoms with E-state index in [1.165, 1.54) is 25.7 Å². The van der Waals surface area contributed by atoms with Crippen LogP contribution in [0.2, 0.25) is 0 Å². The molecule has 0 aromatic heterocycles. The average Bonchev–Trinajstić information content (AvgIpc) is 2.82. The van der Waals surface area contributed by atoms with Crippen molar-refractivity contribution in [1.29, 1.82) is 0 Å². The molecule has 3 nitrogen and oxygen atoms in total. The standard InChI is InChI=1S/C12H22N2O.ClH/c1-14(11-6-2-3-7-11)12(15)10-5-4-8-13-9-10;/h10-11,13H,2-9H2,1H3;1H/t10-;/m0./s1. The first-order valence-electron chi connectivity index (χ1n) is 6.26. The number of hydrogen-bond donors (Lipinski definition) is 1. The quantitative estimate of drug-likeness (QED) is 0.806. The molecule has 0 spiro atoms. The van der Waals surface area contributed by atoms with E-state index in [1.807, 2.05) is 11.9 Å². The molecule has 1 N–H and O–H groups in total. The number of rotatable bonds is 2. The number of hydrogen-bond acceptors (Lipinski definition) is 2. The van der Waals surface area contributed by atoms with E-state index in [0.29, 0.717) is 11.9 Å². The third-order valence-electron chi connectivity index (χ3n) is 3.87. The molecule has 1 saturated carbocycles. The van der Waals surface area contributed by atoms with Crippen molar-refractivity contribution in [3.05, 3.63) is 0 Å². The number of carbonyl (C=O) groups is 1. The van der Waals surface area contributed by atoms with Crippen LogP contribution in [0.3, 0.4) is 0 Å². The lowest BCUT2D eigenvalue weighted by atomic mass is 9.97. The molecule has 0 radical (unpaired) electrons. The first-order valence-corrected chi connectivity index (χ1v) is 6.26. The normalized spacial score (nSPS) is 26.2. The van der Waals surface area contributed by atoms with Crippen LogP contribution in [-0.2, 0) is 4.79 Å². The van der Waals surface area contributed by atoms with Crippen molar-refractivity contribution >= 4 is 18.3 Å². The van der Waals surface area contributed by atoms with Gasteiger partial charge in [-0.3, -0.25) is 4.79 Å². The molecule has 1 atom stereocenters. The Morgan fingerprint density at radius 3 is 2.44 bits per heavy atom. The fourth-order valence-corrected chi connectivity index (χ4v) is 2.82. The van der Waals surface area contributed by atoms with Gasteiger partial charge in [0.15, 0.2) is 0 Å². The van der Waals surface area contributed by atoms with Crippen LogP contribution in [0.5, 0.6) is 0 Å². The number of nitrogens with one attached hydrogen (secondary N) is 1. The number of amides is 1. The Bertz CT molecular complexity index is 223. The van der Waals surface area contributed by atoms with Gasteiger partial charge in [-0.15, -0.1) is 12.4 Å². The zero-order chi connectivity index (χ0) is 10.7. The highest BCUT2D eigenvalue weighted by Crippen LogP contribution is 2.24. The molecule has 0 aromatic rings. The van der Waals surface area contributed by atoms with Crippen molar-refractivity contribution in [2.75, 3.05) is 20.1 Å². The molecule has 1 amide bonds. The van der Waals surface area contributed by atoms with Crippen LogP contribution in [-0.4, -0.2) is 37.0 Å². The molecule has 1 aliphatic carbocycles. The van der Waals surface area contributed by atoms with Gasteiger partial charge in [0.1, 0.15) is 0 Å². The first-order chi connectivity index (χ1) is 7.29. The molecule has 1 aliphatic heterocycles. The largest absolute Gasteiger partial charge is 0.342 e. The van der Waals surface area contributed by atoms with Crippen LogP contribution in [0.1, 0.15) is 38.5 Å². The summed E-state index contributed by atoms with van der Waals surface area (Å²) >= 11 is 0. The third-order valence-corrected chi connectivity index (χ3v) is 3.87. The van der Waals surface area contributed by atoms with Crippen molar-refractivity contribution in [3.63, 3.8) is 0 Å². The lowest BCUT2D eigenvalue weighted by Crippen LogP contribution is -2.44. The fourth-order valence-electron chi connectivity index (χ4n) is 2.82. The Labute approximate surface area is 104 Å². The molecule has 2 aliphatic rings. The molecule has 2 fully saturated rings. The van der Waals surface area contributed by atoms with Gasteiger partial charge < -0.3 is 10.2 Å². The molecule has 16 heavy (non-hydrogen) atoms. The first kappa shape index (κ1) is 13.8. The minimum absolute atomic E-state index is 0. The van der Waals surface area contributed by atoms with E-state index in [4.69, 9.17) is 0 Å². The monoisotopic (exact) mass is 246 g/mol. The maximum atomic E-state index is 12.2. The average molecular weight is 247 g/mol. The molecule has 2 rings (SSSR count). The lowest BCUT2D eigenvalue weighted by molar-refractivity contribution is -0.136.